The molecule has 1 amide bonds. The third-order valence-electron chi connectivity index (χ3n) is 3.37. The molecular formula is C17H17ClFNO3S. The van der Waals surface area contributed by atoms with E-state index in [1.165, 1.54) is 29.5 Å². The normalized spacial score (nSPS) is 12.0. The van der Waals surface area contributed by atoms with Crippen molar-refractivity contribution in [3.8, 4) is 0 Å². The zero-order valence-corrected chi connectivity index (χ0v) is 14.8. The summed E-state index contributed by atoms with van der Waals surface area (Å²) in [5, 5.41) is 4.62. The summed E-state index contributed by atoms with van der Waals surface area (Å²) in [6.07, 6.45) is 0. The number of esters is 1. The van der Waals surface area contributed by atoms with Crippen molar-refractivity contribution in [2.75, 3.05) is 0 Å². The highest BCUT2D eigenvalue weighted by molar-refractivity contribution is 7.12. The van der Waals surface area contributed by atoms with Gasteiger partial charge in [-0.3, -0.25) is 4.79 Å². The molecule has 1 aromatic heterocycles. The van der Waals surface area contributed by atoms with E-state index in [1.54, 1.807) is 31.4 Å². The zero-order chi connectivity index (χ0) is 17.7. The van der Waals surface area contributed by atoms with Gasteiger partial charge in [-0.2, -0.15) is 0 Å². The van der Waals surface area contributed by atoms with Gasteiger partial charge < -0.3 is 10.1 Å². The number of hydrogen-bond donors (Lipinski definition) is 1. The highest BCUT2D eigenvalue weighted by Gasteiger charge is 2.27. The lowest BCUT2D eigenvalue weighted by molar-refractivity contribution is -0.148. The first-order valence-corrected chi connectivity index (χ1v) is 8.59. The van der Waals surface area contributed by atoms with E-state index < -0.39 is 17.8 Å². The van der Waals surface area contributed by atoms with Crippen LogP contribution in [0.3, 0.4) is 0 Å². The van der Waals surface area contributed by atoms with Gasteiger partial charge in [-0.1, -0.05) is 37.6 Å². The summed E-state index contributed by atoms with van der Waals surface area (Å²) in [6.45, 7) is 3.29. The lowest BCUT2D eigenvalue weighted by Crippen LogP contribution is -2.45. The van der Waals surface area contributed by atoms with Gasteiger partial charge in [0.05, 0.1) is 9.90 Å². The van der Waals surface area contributed by atoms with Crippen molar-refractivity contribution in [2.45, 2.75) is 26.5 Å². The monoisotopic (exact) mass is 369 g/mol. The molecule has 0 saturated heterocycles. The van der Waals surface area contributed by atoms with Crippen LogP contribution in [0.15, 0.2) is 35.7 Å². The van der Waals surface area contributed by atoms with Gasteiger partial charge in [-0.15, -0.1) is 11.3 Å². The van der Waals surface area contributed by atoms with E-state index in [0.717, 1.165) is 0 Å². The van der Waals surface area contributed by atoms with Crippen molar-refractivity contribution in [3.63, 3.8) is 0 Å². The number of halogens is 2. The number of nitrogens with one attached hydrogen (secondary N) is 1. The van der Waals surface area contributed by atoms with E-state index >= 15 is 0 Å². The predicted molar refractivity (Wildman–Crippen MR) is 91.6 cm³/mol. The van der Waals surface area contributed by atoms with Crippen molar-refractivity contribution < 1.29 is 18.7 Å². The molecule has 0 fully saturated rings. The molecule has 7 heteroatoms. The van der Waals surface area contributed by atoms with Crippen LogP contribution in [-0.4, -0.2) is 17.9 Å². The summed E-state index contributed by atoms with van der Waals surface area (Å²) in [4.78, 5) is 24.9. The topological polar surface area (TPSA) is 55.4 Å². The van der Waals surface area contributed by atoms with Crippen molar-refractivity contribution in [3.05, 3.63) is 57.0 Å². The highest BCUT2D eigenvalue weighted by atomic mass is 35.5. The van der Waals surface area contributed by atoms with E-state index in [-0.39, 0.29) is 29.0 Å². The number of amides is 1. The van der Waals surface area contributed by atoms with Crippen LogP contribution in [0.25, 0.3) is 0 Å². The summed E-state index contributed by atoms with van der Waals surface area (Å²) in [5.74, 6) is -1.70. The number of carbonyl (C=O) groups is 2. The molecule has 0 radical (unpaired) electrons. The average Bonchev–Trinajstić information content (AvgIpc) is 3.05. The van der Waals surface area contributed by atoms with Crippen molar-refractivity contribution >= 4 is 34.8 Å². The maximum Gasteiger partial charge on any atom is 0.329 e. The van der Waals surface area contributed by atoms with E-state index in [1.807, 2.05) is 0 Å². The summed E-state index contributed by atoms with van der Waals surface area (Å²) in [7, 11) is 0. The molecule has 1 heterocycles. The second-order valence-corrected chi connectivity index (χ2v) is 6.84. The molecule has 0 saturated carbocycles. The first kappa shape index (κ1) is 18.4. The molecule has 0 aliphatic carbocycles. The third kappa shape index (κ3) is 4.55. The standard InChI is InChI=1S/C17H17ClFNO3S/c1-10(2)15(20-16(21)14-7-4-8-24-14)17(22)23-9-11-12(18)5-3-6-13(11)19/h3-8,10,15H,9H2,1-2H3,(H,20,21)/t15-/m1/s1. The van der Waals surface area contributed by atoms with Crippen molar-refractivity contribution in [2.24, 2.45) is 5.92 Å². The van der Waals surface area contributed by atoms with E-state index in [2.05, 4.69) is 5.32 Å². The Labute approximate surface area is 148 Å². The Morgan fingerprint density at radius 3 is 2.62 bits per heavy atom. The minimum absolute atomic E-state index is 0.111. The Morgan fingerprint density at radius 1 is 1.29 bits per heavy atom. The van der Waals surface area contributed by atoms with Crippen LogP contribution in [0.2, 0.25) is 5.02 Å². The maximum absolute atomic E-state index is 13.7. The first-order valence-electron chi connectivity index (χ1n) is 7.34. The molecule has 0 bridgehead atoms. The van der Waals surface area contributed by atoms with Crippen LogP contribution in [0.1, 0.15) is 29.1 Å². The minimum Gasteiger partial charge on any atom is -0.459 e. The SMILES string of the molecule is CC(C)[C@@H](NC(=O)c1cccs1)C(=O)OCc1c(F)cccc1Cl. The Morgan fingerprint density at radius 2 is 2.04 bits per heavy atom. The molecule has 24 heavy (non-hydrogen) atoms. The third-order valence-corrected chi connectivity index (χ3v) is 4.60. The van der Waals surface area contributed by atoms with E-state index in [9.17, 15) is 14.0 Å². The number of carbonyl (C=O) groups excluding carboxylic acids is 2. The quantitative estimate of drug-likeness (QED) is 0.782. The van der Waals surface area contributed by atoms with Crippen LogP contribution in [0, 0.1) is 11.7 Å². The average molecular weight is 370 g/mol. The highest BCUT2D eigenvalue weighted by Crippen LogP contribution is 2.20. The Balaban J connectivity index is 2.03. The van der Waals surface area contributed by atoms with Gasteiger partial charge >= 0.3 is 5.97 Å². The molecule has 2 aromatic rings. The van der Waals surface area contributed by atoms with Crippen LogP contribution in [-0.2, 0) is 16.1 Å². The molecule has 0 aliphatic rings. The molecule has 1 aromatic carbocycles. The minimum atomic E-state index is -0.829. The lowest BCUT2D eigenvalue weighted by Gasteiger charge is -2.20. The largest absolute Gasteiger partial charge is 0.459 e. The molecule has 2 rings (SSSR count). The summed E-state index contributed by atoms with van der Waals surface area (Å²) < 4.78 is 18.9. The predicted octanol–water partition coefficient (Wildman–Crippen LogP) is 4.04. The van der Waals surface area contributed by atoms with E-state index in [4.69, 9.17) is 16.3 Å². The molecule has 1 atom stereocenters. The summed E-state index contributed by atoms with van der Waals surface area (Å²) >= 11 is 7.19. The molecule has 0 spiro atoms. The number of hydrogen-bond acceptors (Lipinski definition) is 4. The van der Waals surface area contributed by atoms with Gasteiger partial charge in [0.25, 0.3) is 5.91 Å². The van der Waals surface area contributed by atoms with Crippen LogP contribution in [0.5, 0.6) is 0 Å². The first-order chi connectivity index (χ1) is 11.4. The molecule has 1 N–H and O–H groups in total. The number of rotatable bonds is 6. The molecule has 4 nitrogen and oxygen atoms in total. The fraction of sp³-hybridized carbons (Fsp3) is 0.294. The molecule has 0 unspecified atom stereocenters. The van der Waals surface area contributed by atoms with Crippen molar-refractivity contribution in [1.29, 1.82) is 0 Å². The molecule has 0 aliphatic heterocycles. The number of benzene rings is 1. The lowest BCUT2D eigenvalue weighted by atomic mass is 10.0. The summed E-state index contributed by atoms with van der Waals surface area (Å²) in [5.41, 5.74) is 0.111. The van der Waals surface area contributed by atoms with Gasteiger partial charge in [0.1, 0.15) is 18.5 Å². The van der Waals surface area contributed by atoms with Crippen LogP contribution < -0.4 is 5.32 Å². The fourth-order valence-electron chi connectivity index (χ4n) is 2.02. The number of ether oxygens (including phenoxy) is 1. The zero-order valence-electron chi connectivity index (χ0n) is 13.2. The van der Waals surface area contributed by atoms with Gasteiger partial charge in [-0.25, -0.2) is 9.18 Å². The van der Waals surface area contributed by atoms with Gasteiger partial charge in [0, 0.05) is 5.56 Å². The Kier molecular flexibility index (Phi) is 6.34. The second kappa shape index (κ2) is 8.26. The van der Waals surface area contributed by atoms with Crippen LogP contribution in [0.4, 0.5) is 4.39 Å². The Bertz CT molecular complexity index is 698. The fourth-order valence-corrected chi connectivity index (χ4v) is 2.87. The van der Waals surface area contributed by atoms with Gasteiger partial charge in [-0.05, 0) is 29.5 Å². The van der Waals surface area contributed by atoms with Crippen LogP contribution >= 0.6 is 22.9 Å². The Hall–Kier alpha value is -1.92. The second-order valence-electron chi connectivity index (χ2n) is 5.48. The smallest absolute Gasteiger partial charge is 0.329 e. The summed E-state index contributed by atoms with van der Waals surface area (Å²) in [6, 6.07) is 6.83. The number of thiophene rings is 1. The maximum atomic E-state index is 13.7. The molecular weight excluding hydrogens is 353 g/mol. The van der Waals surface area contributed by atoms with Crippen molar-refractivity contribution in [1.82, 2.24) is 5.32 Å². The molecule has 128 valence electrons. The van der Waals surface area contributed by atoms with E-state index in [0.29, 0.717) is 4.88 Å². The van der Waals surface area contributed by atoms with Gasteiger partial charge in [0.15, 0.2) is 0 Å². The van der Waals surface area contributed by atoms with Gasteiger partial charge in [0.2, 0.25) is 0 Å².